The van der Waals surface area contributed by atoms with Crippen molar-refractivity contribution in [1.29, 1.82) is 0 Å². The molecule has 0 aromatic rings. The Morgan fingerprint density at radius 1 is 1.25 bits per heavy atom. The molecule has 16 heavy (non-hydrogen) atoms. The van der Waals surface area contributed by atoms with Crippen LogP contribution in [0.1, 0.15) is 58.8 Å². The largest absolute Gasteiger partial charge is 0.330 e. The van der Waals surface area contributed by atoms with E-state index in [0.717, 1.165) is 24.4 Å². The lowest BCUT2D eigenvalue weighted by atomic mass is 10.0. The summed E-state index contributed by atoms with van der Waals surface area (Å²) in [5, 5.41) is 3.75. The summed E-state index contributed by atoms with van der Waals surface area (Å²) in [4.78, 5) is 0. The van der Waals surface area contributed by atoms with Crippen LogP contribution < -0.4 is 11.1 Å². The van der Waals surface area contributed by atoms with Crippen LogP contribution in [-0.4, -0.2) is 19.1 Å². The van der Waals surface area contributed by atoms with Gasteiger partial charge < -0.3 is 11.1 Å². The standard InChI is InChI=1S/C14H30N2/c1-12-5-3-7-14(9-8-12)16-11-13(2)6-4-10-15/h12-14,16H,3-11,15H2,1-2H3. The predicted octanol–water partition coefficient (Wildman–Crippen LogP) is 2.92. The summed E-state index contributed by atoms with van der Waals surface area (Å²) in [5.74, 6) is 1.73. The minimum atomic E-state index is 0.782. The zero-order chi connectivity index (χ0) is 11.8. The molecule has 0 amide bonds. The lowest BCUT2D eigenvalue weighted by molar-refractivity contribution is 0.393. The van der Waals surface area contributed by atoms with E-state index in [9.17, 15) is 0 Å². The van der Waals surface area contributed by atoms with Gasteiger partial charge in [-0.3, -0.25) is 0 Å². The Bertz CT molecular complexity index is 170. The third kappa shape index (κ3) is 5.86. The minimum absolute atomic E-state index is 0.782. The first-order valence-electron chi connectivity index (χ1n) is 7.15. The molecule has 0 saturated heterocycles. The maximum Gasteiger partial charge on any atom is 0.00672 e. The van der Waals surface area contributed by atoms with Crippen molar-refractivity contribution in [2.24, 2.45) is 17.6 Å². The van der Waals surface area contributed by atoms with Crippen LogP contribution in [0.5, 0.6) is 0 Å². The second kappa shape index (κ2) is 8.08. The summed E-state index contributed by atoms with van der Waals surface area (Å²) in [6.45, 7) is 6.75. The molecule has 3 atom stereocenters. The van der Waals surface area contributed by atoms with Crippen molar-refractivity contribution in [3.8, 4) is 0 Å². The van der Waals surface area contributed by atoms with Crippen molar-refractivity contribution in [2.45, 2.75) is 64.8 Å². The summed E-state index contributed by atoms with van der Waals surface area (Å²) < 4.78 is 0. The van der Waals surface area contributed by atoms with Gasteiger partial charge in [0.1, 0.15) is 0 Å². The van der Waals surface area contributed by atoms with Gasteiger partial charge in [0.05, 0.1) is 0 Å². The molecule has 0 aliphatic heterocycles. The van der Waals surface area contributed by atoms with Crippen molar-refractivity contribution in [3.05, 3.63) is 0 Å². The lowest BCUT2D eigenvalue weighted by Crippen LogP contribution is -2.32. The van der Waals surface area contributed by atoms with Crippen LogP contribution in [0.4, 0.5) is 0 Å². The van der Waals surface area contributed by atoms with Crippen LogP contribution in [-0.2, 0) is 0 Å². The molecule has 3 unspecified atom stereocenters. The van der Waals surface area contributed by atoms with Gasteiger partial charge in [0.25, 0.3) is 0 Å². The highest BCUT2D eigenvalue weighted by Gasteiger charge is 2.16. The average molecular weight is 226 g/mol. The molecular weight excluding hydrogens is 196 g/mol. The molecule has 0 radical (unpaired) electrons. The molecule has 3 N–H and O–H groups in total. The van der Waals surface area contributed by atoms with Gasteiger partial charge in [-0.1, -0.05) is 26.7 Å². The Morgan fingerprint density at radius 2 is 2.06 bits per heavy atom. The predicted molar refractivity (Wildman–Crippen MR) is 71.5 cm³/mol. The van der Waals surface area contributed by atoms with Gasteiger partial charge in [0.15, 0.2) is 0 Å². The van der Waals surface area contributed by atoms with E-state index in [4.69, 9.17) is 5.73 Å². The molecule has 0 spiro atoms. The second-order valence-electron chi connectivity index (χ2n) is 5.75. The van der Waals surface area contributed by atoms with Gasteiger partial charge in [-0.2, -0.15) is 0 Å². The van der Waals surface area contributed by atoms with E-state index in [1.54, 1.807) is 0 Å². The van der Waals surface area contributed by atoms with Crippen LogP contribution in [0, 0.1) is 11.8 Å². The van der Waals surface area contributed by atoms with Gasteiger partial charge in [0, 0.05) is 6.04 Å². The molecule has 0 bridgehead atoms. The molecule has 96 valence electrons. The Kier molecular flexibility index (Phi) is 7.06. The molecule has 1 aliphatic rings. The number of hydrogen-bond acceptors (Lipinski definition) is 2. The topological polar surface area (TPSA) is 38.0 Å². The first-order valence-corrected chi connectivity index (χ1v) is 7.15. The fraction of sp³-hybridized carbons (Fsp3) is 1.00. The molecule has 2 nitrogen and oxygen atoms in total. The maximum atomic E-state index is 5.53. The Labute approximate surface area is 101 Å². The van der Waals surface area contributed by atoms with Crippen molar-refractivity contribution < 1.29 is 0 Å². The third-order valence-electron chi connectivity index (χ3n) is 3.91. The fourth-order valence-corrected chi connectivity index (χ4v) is 2.63. The highest BCUT2D eigenvalue weighted by atomic mass is 14.9. The summed E-state index contributed by atoms with van der Waals surface area (Å²) in [6.07, 6.45) is 9.46. The van der Waals surface area contributed by atoms with Crippen LogP contribution in [0.25, 0.3) is 0 Å². The lowest BCUT2D eigenvalue weighted by Gasteiger charge is -2.19. The Balaban J connectivity index is 2.11. The molecule has 1 rings (SSSR count). The summed E-state index contributed by atoms with van der Waals surface area (Å²) in [5.41, 5.74) is 5.53. The van der Waals surface area contributed by atoms with E-state index in [1.807, 2.05) is 0 Å². The summed E-state index contributed by atoms with van der Waals surface area (Å²) in [7, 11) is 0. The molecule has 0 heterocycles. The smallest absolute Gasteiger partial charge is 0.00672 e. The fourth-order valence-electron chi connectivity index (χ4n) is 2.63. The van der Waals surface area contributed by atoms with Gasteiger partial charge in [0.2, 0.25) is 0 Å². The SMILES string of the molecule is CC1CCCC(NCC(C)CCCN)CC1. The van der Waals surface area contributed by atoms with E-state index in [2.05, 4.69) is 19.2 Å². The summed E-state index contributed by atoms with van der Waals surface area (Å²) in [6, 6.07) is 0.783. The van der Waals surface area contributed by atoms with E-state index >= 15 is 0 Å². The third-order valence-corrected chi connectivity index (χ3v) is 3.91. The van der Waals surface area contributed by atoms with E-state index in [-0.39, 0.29) is 0 Å². The molecule has 1 aliphatic carbocycles. The Morgan fingerprint density at radius 3 is 2.81 bits per heavy atom. The van der Waals surface area contributed by atoms with E-state index in [0.29, 0.717) is 0 Å². The van der Waals surface area contributed by atoms with Crippen molar-refractivity contribution in [2.75, 3.05) is 13.1 Å². The van der Waals surface area contributed by atoms with Crippen LogP contribution in [0.2, 0.25) is 0 Å². The zero-order valence-electron chi connectivity index (χ0n) is 11.2. The van der Waals surface area contributed by atoms with Crippen molar-refractivity contribution >= 4 is 0 Å². The monoisotopic (exact) mass is 226 g/mol. The number of nitrogens with two attached hydrogens (primary N) is 1. The first-order chi connectivity index (χ1) is 7.72. The maximum absolute atomic E-state index is 5.53. The number of nitrogens with one attached hydrogen (secondary N) is 1. The normalized spacial score (nSPS) is 28.7. The van der Waals surface area contributed by atoms with Gasteiger partial charge in [-0.05, 0) is 57.0 Å². The average Bonchev–Trinajstić information content (AvgIpc) is 2.48. The van der Waals surface area contributed by atoms with E-state index < -0.39 is 0 Å². The van der Waals surface area contributed by atoms with Crippen molar-refractivity contribution in [1.82, 2.24) is 5.32 Å². The summed E-state index contributed by atoms with van der Waals surface area (Å²) >= 11 is 0. The zero-order valence-corrected chi connectivity index (χ0v) is 11.2. The van der Waals surface area contributed by atoms with Gasteiger partial charge in [-0.25, -0.2) is 0 Å². The quantitative estimate of drug-likeness (QED) is 0.683. The molecule has 1 fully saturated rings. The molecule has 2 heteroatoms. The number of rotatable bonds is 6. The number of hydrogen-bond donors (Lipinski definition) is 2. The minimum Gasteiger partial charge on any atom is -0.330 e. The first kappa shape index (κ1) is 14.0. The molecule has 0 aromatic heterocycles. The highest BCUT2D eigenvalue weighted by molar-refractivity contribution is 4.74. The van der Waals surface area contributed by atoms with Crippen molar-refractivity contribution in [3.63, 3.8) is 0 Å². The molecule has 1 saturated carbocycles. The van der Waals surface area contributed by atoms with Crippen LogP contribution >= 0.6 is 0 Å². The molecular formula is C14H30N2. The second-order valence-corrected chi connectivity index (χ2v) is 5.75. The van der Waals surface area contributed by atoms with Gasteiger partial charge in [-0.15, -0.1) is 0 Å². The Hall–Kier alpha value is -0.0800. The van der Waals surface area contributed by atoms with Gasteiger partial charge >= 0.3 is 0 Å². The molecule has 0 aromatic carbocycles. The van der Waals surface area contributed by atoms with E-state index in [1.165, 1.54) is 51.5 Å². The highest BCUT2D eigenvalue weighted by Crippen LogP contribution is 2.22. The van der Waals surface area contributed by atoms with Crippen LogP contribution in [0.15, 0.2) is 0 Å². The van der Waals surface area contributed by atoms with Crippen LogP contribution in [0.3, 0.4) is 0 Å².